The largest absolute Gasteiger partial charge is 0.452 e. The molecule has 0 saturated heterocycles. The summed E-state index contributed by atoms with van der Waals surface area (Å²) in [6.07, 6.45) is 2.99. The Labute approximate surface area is 113 Å². The molecule has 0 fully saturated rings. The van der Waals surface area contributed by atoms with Gasteiger partial charge in [-0.25, -0.2) is 9.97 Å². The predicted molar refractivity (Wildman–Crippen MR) is 69.8 cm³/mol. The van der Waals surface area contributed by atoms with Crippen LogP contribution in [0, 0.1) is 0 Å². The van der Waals surface area contributed by atoms with Gasteiger partial charge in [0.2, 0.25) is 0 Å². The molecule has 0 saturated carbocycles. The van der Waals surface area contributed by atoms with Crippen LogP contribution in [-0.4, -0.2) is 15.9 Å². The van der Waals surface area contributed by atoms with Crippen molar-refractivity contribution in [3.63, 3.8) is 0 Å². The molecule has 0 atom stereocenters. The summed E-state index contributed by atoms with van der Waals surface area (Å²) in [5.41, 5.74) is 0. The molecule has 0 radical (unpaired) electrons. The molecule has 0 aliphatic rings. The summed E-state index contributed by atoms with van der Waals surface area (Å²) in [7, 11) is 0. The third kappa shape index (κ3) is 4.07. The van der Waals surface area contributed by atoms with Crippen molar-refractivity contribution < 1.29 is 4.74 Å². The predicted octanol–water partition coefficient (Wildman–Crippen LogP) is 3.91. The maximum absolute atomic E-state index is 5.78. The minimum Gasteiger partial charge on any atom is -0.452 e. The van der Waals surface area contributed by atoms with Gasteiger partial charge in [0.15, 0.2) is 0 Å². The molecule has 17 heavy (non-hydrogen) atoms. The zero-order valence-electron chi connectivity index (χ0n) is 8.64. The third-order valence-corrected chi connectivity index (χ3v) is 3.11. The molecular weight excluding hydrogens is 279 g/mol. The minimum atomic E-state index is 0.316. The van der Waals surface area contributed by atoms with E-state index in [9.17, 15) is 0 Å². The number of nitrogens with zero attached hydrogens (tertiary/aromatic N) is 2. The maximum atomic E-state index is 5.78. The fourth-order valence-electron chi connectivity index (χ4n) is 1.06. The molecule has 1 heterocycles. The molecule has 0 amide bonds. The summed E-state index contributed by atoms with van der Waals surface area (Å²) < 4.78 is 5.34. The highest BCUT2D eigenvalue weighted by Gasteiger charge is 1.98. The average Bonchev–Trinajstić information content (AvgIpc) is 2.34. The summed E-state index contributed by atoms with van der Waals surface area (Å²) in [5.74, 6) is 0.434. The number of hydrogen-bond acceptors (Lipinski definition) is 4. The summed E-state index contributed by atoms with van der Waals surface area (Å²) in [5, 5.41) is 1.21. The van der Waals surface area contributed by atoms with Gasteiger partial charge in [0.25, 0.3) is 0 Å². The first-order valence-electron chi connectivity index (χ1n) is 4.73. The van der Waals surface area contributed by atoms with Gasteiger partial charge in [-0.05, 0) is 24.3 Å². The number of thioether (sulfide) groups is 1. The normalized spacial score (nSPS) is 10.2. The van der Waals surface area contributed by atoms with Crippen molar-refractivity contribution in [3.8, 4) is 6.01 Å². The van der Waals surface area contributed by atoms with Crippen LogP contribution < -0.4 is 4.74 Å². The average molecular weight is 287 g/mol. The number of rotatable bonds is 4. The Morgan fingerprint density at radius 1 is 1.00 bits per heavy atom. The van der Waals surface area contributed by atoms with Crippen molar-refractivity contribution in [2.75, 3.05) is 5.94 Å². The Bertz CT molecular complexity index is 430. The SMILES string of the molecule is Clc1ccc(SCOc2ncc(Cl)cn2)cc1. The molecule has 1 aromatic heterocycles. The third-order valence-electron chi connectivity index (χ3n) is 1.82. The van der Waals surface area contributed by atoms with Crippen LogP contribution in [0.1, 0.15) is 0 Å². The number of benzene rings is 1. The van der Waals surface area contributed by atoms with Crippen LogP contribution in [0.25, 0.3) is 0 Å². The van der Waals surface area contributed by atoms with Crippen LogP contribution in [0.2, 0.25) is 10.0 Å². The molecule has 0 spiro atoms. The van der Waals surface area contributed by atoms with Gasteiger partial charge in [0.1, 0.15) is 5.94 Å². The highest BCUT2D eigenvalue weighted by atomic mass is 35.5. The number of ether oxygens (including phenoxy) is 1. The van der Waals surface area contributed by atoms with Gasteiger partial charge in [0.05, 0.1) is 17.4 Å². The van der Waals surface area contributed by atoms with E-state index in [0.29, 0.717) is 17.0 Å². The van der Waals surface area contributed by atoms with Crippen molar-refractivity contribution in [1.82, 2.24) is 9.97 Å². The van der Waals surface area contributed by atoms with Crippen LogP contribution in [0.5, 0.6) is 6.01 Å². The van der Waals surface area contributed by atoms with Crippen molar-refractivity contribution in [2.45, 2.75) is 4.90 Å². The fraction of sp³-hybridized carbons (Fsp3) is 0.0909. The lowest BCUT2D eigenvalue weighted by molar-refractivity contribution is 0.360. The summed E-state index contributed by atoms with van der Waals surface area (Å²) >= 11 is 13.0. The fourth-order valence-corrected chi connectivity index (χ4v) is 1.91. The van der Waals surface area contributed by atoms with Gasteiger partial charge in [-0.15, -0.1) is 0 Å². The van der Waals surface area contributed by atoms with E-state index in [1.54, 1.807) is 0 Å². The lowest BCUT2D eigenvalue weighted by Gasteiger charge is -2.03. The molecule has 0 bridgehead atoms. The van der Waals surface area contributed by atoms with Gasteiger partial charge in [-0.2, -0.15) is 0 Å². The Morgan fingerprint density at radius 3 is 2.29 bits per heavy atom. The highest BCUT2D eigenvalue weighted by molar-refractivity contribution is 7.99. The van der Waals surface area contributed by atoms with Crippen molar-refractivity contribution >= 4 is 35.0 Å². The Morgan fingerprint density at radius 2 is 1.65 bits per heavy atom. The first-order chi connectivity index (χ1) is 8.24. The molecular formula is C11H8Cl2N2OS. The number of aromatic nitrogens is 2. The Hall–Kier alpha value is -0.970. The molecule has 0 aliphatic heterocycles. The second kappa shape index (κ2) is 6.10. The second-order valence-electron chi connectivity index (χ2n) is 3.04. The van der Waals surface area contributed by atoms with Crippen LogP contribution in [0.4, 0.5) is 0 Å². The zero-order chi connectivity index (χ0) is 12.1. The maximum Gasteiger partial charge on any atom is 0.317 e. The smallest absolute Gasteiger partial charge is 0.317 e. The monoisotopic (exact) mass is 286 g/mol. The molecule has 6 heteroatoms. The van der Waals surface area contributed by atoms with E-state index in [2.05, 4.69) is 9.97 Å². The zero-order valence-corrected chi connectivity index (χ0v) is 11.0. The van der Waals surface area contributed by atoms with Gasteiger partial charge in [-0.1, -0.05) is 35.0 Å². The number of hydrogen-bond donors (Lipinski definition) is 0. The van der Waals surface area contributed by atoms with E-state index < -0.39 is 0 Å². The molecule has 88 valence electrons. The van der Waals surface area contributed by atoms with Crippen molar-refractivity contribution in [1.29, 1.82) is 0 Å². The van der Waals surface area contributed by atoms with Gasteiger partial charge >= 0.3 is 6.01 Å². The first kappa shape index (κ1) is 12.5. The van der Waals surface area contributed by atoms with Crippen molar-refractivity contribution in [3.05, 3.63) is 46.7 Å². The van der Waals surface area contributed by atoms with Crippen molar-refractivity contribution in [2.24, 2.45) is 0 Å². The summed E-state index contributed by atoms with van der Waals surface area (Å²) in [6.45, 7) is 0. The van der Waals surface area contributed by atoms with E-state index in [0.717, 1.165) is 9.92 Å². The summed E-state index contributed by atoms with van der Waals surface area (Å²) in [6, 6.07) is 7.85. The van der Waals surface area contributed by atoms with E-state index in [1.807, 2.05) is 24.3 Å². The lowest BCUT2D eigenvalue weighted by Crippen LogP contribution is -1.97. The molecule has 1 aromatic carbocycles. The van der Waals surface area contributed by atoms with Crippen LogP contribution in [-0.2, 0) is 0 Å². The Kier molecular flexibility index (Phi) is 4.48. The number of halogens is 2. The molecule has 2 aromatic rings. The topological polar surface area (TPSA) is 35.0 Å². The summed E-state index contributed by atoms with van der Waals surface area (Å²) in [4.78, 5) is 8.92. The molecule has 0 aliphatic carbocycles. The van der Waals surface area contributed by atoms with E-state index >= 15 is 0 Å². The standard InChI is InChI=1S/C11H8Cl2N2OS/c12-8-1-3-10(4-2-8)17-7-16-11-14-5-9(13)6-15-11/h1-6H,7H2. The van der Waals surface area contributed by atoms with Crippen LogP contribution in [0.3, 0.4) is 0 Å². The van der Waals surface area contributed by atoms with Crippen LogP contribution >= 0.6 is 35.0 Å². The van der Waals surface area contributed by atoms with Gasteiger partial charge < -0.3 is 4.74 Å². The van der Waals surface area contributed by atoms with E-state index in [4.69, 9.17) is 27.9 Å². The molecule has 0 N–H and O–H groups in total. The van der Waals surface area contributed by atoms with Gasteiger partial charge in [-0.3, -0.25) is 0 Å². The molecule has 2 rings (SSSR count). The van der Waals surface area contributed by atoms with E-state index in [1.165, 1.54) is 24.2 Å². The lowest BCUT2D eigenvalue weighted by atomic mass is 10.4. The Balaban J connectivity index is 1.83. The molecule has 3 nitrogen and oxygen atoms in total. The second-order valence-corrected chi connectivity index (χ2v) is 4.91. The highest BCUT2D eigenvalue weighted by Crippen LogP contribution is 2.20. The minimum absolute atomic E-state index is 0.316. The van der Waals surface area contributed by atoms with Gasteiger partial charge in [0, 0.05) is 9.92 Å². The van der Waals surface area contributed by atoms with Crippen LogP contribution in [0.15, 0.2) is 41.6 Å². The van der Waals surface area contributed by atoms with E-state index in [-0.39, 0.29) is 0 Å². The quantitative estimate of drug-likeness (QED) is 0.631. The molecule has 0 unspecified atom stereocenters. The first-order valence-corrected chi connectivity index (χ1v) is 6.47.